The average molecular weight is 291 g/mol. The summed E-state index contributed by atoms with van der Waals surface area (Å²) in [6, 6.07) is 3.54. The number of nitrogens with zero attached hydrogens (tertiary/aromatic N) is 1. The van der Waals surface area contributed by atoms with Gasteiger partial charge in [-0.25, -0.2) is 4.98 Å². The monoisotopic (exact) mass is 291 g/mol. The maximum atomic E-state index is 12.0. The van der Waals surface area contributed by atoms with E-state index in [1.54, 1.807) is 18.3 Å². The van der Waals surface area contributed by atoms with Gasteiger partial charge in [0.05, 0.1) is 0 Å². The van der Waals surface area contributed by atoms with E-state index in [9.17, 15) is 4.79 Å². The fourth-order valence-corrected chi connectivity index (χ4v) is 2.18. The summed E-state index contributed by atoms with van der Waals surface area (Å²) in [6.45, 7) is 8.08. The molecule has 0 aliphatic heterocycles. The largest absolute Gasteiger partial charge is 0.370 e. The summed E-state index contributed by atoms with van der Waals surface area (Å²) >= 11 is 0. The van der Waals surface area contributed by atoms with Crippen molar-refractivity contribution in [2.75, 3.05) is 18.4 Å². The van der Waals surface area contributed by atoms with Gasteiger partial charge >= 0.3 is 0 Å². The van der Waals surface area contributed by atoms with E-state index in [0.717, 1.165) is 31.2 Å². The van der Waals surface area contributed by atoms with Crippen LogP contribution in [-0.4, -0.2) is 24.0 Å². The molecule has 0 saturated carbocycles. The Morgan fingerprint density at radius 1 is 1.24 bits per heavy atom. The topological polar surface area (TPSA) is 54.0 Å². The van der Waals surface area contributed by atoms with Crippen molar-refractivity contribution in [2.24, 2.45) is 5.92 Å². The second-order valence-corrected chi connectivity index (χ2v) is 5.81. The number of aromatic nitrogens is 1. The van der Waals surface area contributed by atoms with E-state index < -0.39 is 0 Å². The molecule has 1 heterocycles. The van der Waals surface area contributed by atoms with Gasteiger partial charge in [0.2, 0.25) is 0 Å². The number of carbonyl (C=O) groups excluding carboxylic acids is 1. The maximum absolute atomic E-state index is 12.0. The fraction of sp³-hybridized carbons (Fsp3) is 0.647. The van der Waals surface area contributed by atoms with E-state index in [2.05, 4.69) is 29.5 Å². The molecule has 1 rings (SSSR count). The first-order valence-electron chi connectivity index (χ1n) is 8.11. The molecule has 0 aliphatic carbocycles. The molecule has 0 fully saturated rings. The van der Waals surface area contributed by atoms with Crippen molar-refractivity contribution in [3.8, 4) is 0 Å². The molecule has 0 saturated heterocycles. The molecule has 0 spiro atoms. The van der Waals surface area contributed by atoms with Crippen molar-refractivity contribution >= 4 is 11.7 Å². The third-order valence-electron chi connectivity index (χ3n) is 3.37. The van der Waals surface area contributed by atoms with Crippen LogP contribution in [0.1, 0.15) is 63.2 Å². The van der Waals surface area contributed by atoms with Crippen LogP contribution in [0, 0.1) is 5.92 Å². The summed E-state index contributed by atoms with van der Waals surface area (Å²) in [5, 5.41) is 6.08. The molecule has 0 bridgehead atoms. The first-order valence-corrected chi connectivity index (χ1v) is 8.11. The zero-order chi connectivity index (χ0) is 15.5. The normalized spacial score (nSPS) is 10.7. The van der Waals surface area contributed by atoms with Crippen LogP contribution < -0.4 is 10.6 Å². The molecule has 4 heteroatoms. The van der Waals surface area contributed by atoms with Crippen molar-refractivity contribution < 1.29 is 4.79 Å². The number of hydrogen-bond acceptors (Lipinski definition) is 3. The molecule has 0 aliphatic rings. The Labute approximate surface area is 128 Å². The van der Waals surface area contributed by atoms with E-state index in [1.807, 2.05) is 6.92 Å². The third kappa shape index (κ3) is 7.69. The Bertz CT molecular complexity index is 418. The van der Waals surface area contributed by atoms with Crippen LogP contribution in [-0.2, 0) is 0 Å². The van der Waals surface area contributed by atoms with Crippen molar-refractivity contribution in [3.63, 3.8) is 0 Å². The quantitative estimate of drug-likeness (QED) is 0.644. The predicted octanol–water partition coefficient (Wildman–Crippen LogP) is 3.85. The van der Waals surface area contributed by atoms with E-state index in [0.29, 0.717) is 5.56 Å². The third-order valence-corrected chi connectivity index (χ3v) is 3.37. The van der Waals surface area contributed by atoms with Gasteiger partial charge in [0.15, 0.2) is 0 Å². The zero-order valence-electron chi connectivity index (χ0n) is 13.6. The van der Waals surface area contributed by atoms with Gasteiger partial charge in [0, 0.05) is 24.8 Å². The van der Waals surface area contributed by atoms with Crippen molar-refractivity contribution in [1.29, 1.82) is 0 Å². The minimum Gasteiger partial charge on any atom is -0.370 e. The fourth-order valence-electron chi connectivity index (χ4n) is 2.18. The molecular formula is C17H29N3O. The minimum absolute atomic E-state index is 0.0151. The van der Waals surface area contributed by atoms with E-state index in [1.165, 1.54) is 25.7 Å². The van der Waals surface area contributed by atoms with Gasteiger partial charge in [0.25, 0.3) is 5.91 Å². The van der Waals surface area contributed by atoms with Crippen LogP contribution in [0.25, 0.3) is 0 Å². The summed E-state index contributed by atoms with van der Waals surface area (Å²) < 4.78 is 0. The van der Waals surface area contributed by atoms with E-state index in [4.69, 9.17) is 0 Å². The first-order chi connectivity index (χ1) is 10.1. The lowest BCUT2D eigenvalue weighted by Gasteiger charge is -2.07. The summed E-state index contributed by atoms with van der Waals surface area (Å²) in [5.74, 6) is 1.53. The Balaban J connectivity index is 2.20. The number of nitrogens with one attached hydrogen (secondary N) is 2. The van der Waals surface area contributed by atoms with Crippen LogP contribution >= 0.6 is 0 Å². The van der Waals surface area contributed by atoms with Crippen LogP contribution in [0.4, 0.5) is 5.82 Å². The van der Waals surface area contributed by atoms with Crippen molar-refractivity contribution in [3.05, 3.63) is 23.9 Å². The molecule has 4 nitrogen and oxygen atoms in total. The number of unbranched alkanes of at least 4 members (excludes halogenated alkanes) is 3. The van der Waals surface area contributed by atoms with Gasteiger partial charge in [-0.2, -0.15) is 0 Å². The molecule has 1 amide bonds. The van der Waals surface area contributed by atoms with Crippen molar-refractivity contribution in [2.45, 2.75) is 52.9 Å². The lowest BCUT2D eigenvalue weighted by molar-refractivity contribution is 0.0953. The highest BCUT2D eigenvalue weighted by Gasteiger charge is 2.05. The van der Waals surface area contributed by atoms with Crippen LogP contribution in [0.3, 0.4) is 0 Å². The molecule has 0 unspecified atom stereocenters. The minimum atomic E-state index is -0.0151. The van der Waals surface area contributed by atoms with E-state index >= 15 is 0 Å². The lowest BCUT2D eigenvalue weighted by atomic mass is 10.0. The number of pyridine rings is 1. The molecule has 0 aromatic carbocycles. The highest BCUT2D eigenvalue weighted by Crippen LogP contribution is 2.09. The Morgan fingerprint density at radius 2 is 2.00 bits per heavy atom. The molecule has 0 radical (unpaired) electrons. The zero-order valence-corrected chi connectivity index (χ0v) is 13.6. The number of amides is 1. The number of hydrogen-bond donors (Lipinski definition) is 2. The van der Waals surface area contributed by atoms with Gasteiger partial charge in [-0.3, -0.25) is 4.79 Å². The Kier molecular flexibility index (Phi) is 8.48. The molecule has 1 aromatic rings. The van der Waals surface area contributed by atoms with Crippen LogP contribution in [0.2, 0.25) is 0 Å². The van der Waals surface area contributed by atoms with Gasteiger partial charge in [-0.1, -0.05) is 39.5 Å². The summed E-state index contributed by atoms with van der Waals surface area (Å²) in [7, 11) is 0. The summed E-state index contributed by atoms with van der Waals surface area (Å²) in [5.41, 5.74) is 0.667. The molecule has 21 heavy (non-hydrogen) atoms. The van der Waals surface area contributed by atoms with Gasteiger partial charge in [0.1, 0.15) is 5.82 Å². The highest BCUT2D eigenvalue weighted by molar-refractivity contribution is 5.94. The average Bonchev–Trinajstić information content (AvgIpc) is 2.46. The van der Waals surface area contributed by atoms with E-state index in [-0.39, 0.29) is 5.91 Å². The SMILES string of the molecule is CCNc1cc(C(=O)NCCCCCCC(C)C)ccn1. The Hall–Kier alpha value is -1.58. The smallest absolute Gasteiger partial charge is 0.251 e. The summed E-state index contributed by atoms with van der Waals surface area (Å²) in [6.07, 6.45) is 7.76. The van der Waals surface area contributed by atoms with Crippen LogP contribution in [0.5, 0.6) is 0 Å². The van der Waals surface area contributed by atoms with Gasteiger partial charge in [-0.05, 0) is 31.4 Å². The van der Waals surface area contributed by atoms with Gasteiger partial charge in [-0.15, -0.1) is 0 Å². The maximum Gasteiger partial charge on any atom is 0.251 e. The lowest BCUT2D eigenvalue weighted by Crippen LogP contribution is -2.24. The summed E-state index contributed by atoms with van der Waals surface area (Å²) in [4.78, 5) is 16.2. The highest BCUT2D eigenvalue weighted by atomic mass is 16.1. The molecule has 118 valence electrons. The molecule has 2 N–H and O–H groups in total. The number of anilines is 1. The Morgan fingerprint density at radius 3 is 2.71 bits per heavy atom. The van der Waals surface area contributed by atoms with Gasteiger partial charge < -0.3 is 10.6 Å². The standard InChI is InChI=1S/C17H29N3O/c1-4-18-16-13-15(10-12-19-16)17(21)20-11-8-6-5-7-9-14(2)3/h10,12-14H,4-9,11H2,1-3H3,(H,18,19)(H,20,21). The second-order valence-electron chi connectivity index (χ2n) is 5.81. The molecular weight excluding hydrogens is 262 g/mol. The molecule has 1 aromatic heterocycles. The second kappa shape index (κ2) is 10.2. The molecule has 0 atom stereocenters. The number of carbonyl (C=O) groups is 1. The first kappa shape index (κ1) is 17.5. The number of rotatable bonds is 10. The predicted molar refractivity (Wildman–Crippen MR) is 88.7 cm³/mol. The van der Waals surface area contributed by atoms with Crippen LogP contribution in [0.15, 0.2) is 18.3 Å². The van der Waals surface area contributed by atoms with Crippen molar-refractivity contribution in [1.82, 2.24) is 10.3 Å².